The lowest BCUT2D eigenvalue weighted by atomic mass is 10.2. The summed E-state index contributed by atoms with van der Waals surface area (Å²) in [7, 11) is 0. The van der Waals surface area contributed by atoms with Crippen LogP contribution in [0, 0.1) is 0 Å². The molecule has 1 aromatic heterocycles. The topological polar surface area (TPSA) is 124 Å². The third-order valence-corrected chi connectivity index (χ3v) is 2.57. The highest BCUT2D eigenvalue weighted by Crippen LogP contribution is 2.17. The van der Waals surface area contributed by atoms with Gasteiger partial charge in [0.25, 0.3) is 0 Å². The Labute approximate surface area is 119 Å². The molecule has 8 nitrogen and oxygen atoms in total. The first-order valence-corrected chi connectivity index (χ1v) is 5.95. The van der Waals surface area contributed by atoms with Crippen molar-refractivity contribution in [1.29, 1.82) is 0 Å². The van der Waals surface area contributed by atoms with Crippen molar-refractivity contribution in [2.24, 2.45) is 0 Å². The van der Waals surface area contributed by atoms with E-state index in [9.17, 15) is 9.59 Å². The minimum Gasteiger partial charge on any atom is -0.481 e. The van der Waals surface area contributed by atoms with Gasteiger partial charge in [-0.05, 0) is 18.2 Å². The monoisotopic (exact) mass is 288 g/mol. The van der Waals surface area contributed by atoms with Gasteiger partial charge in [0, 0.05) is 5.39 Å². The fraction of sp³-hybridized carbons (Fsp3) is 0.0769. The number of fused-ring (bicyclic) bond motifs is 1. The van der Waals surface area contributed by atoms with Crippen molar-refractivity contribution >= 4 is 28.7 Å². The molecule has 1 aromatic carbocycles. The number of nitrogens with one attached hydrogen (secondary N) is 2. The molecule has 2 rings (SSSR count). The largest absolute Gasteiger partial charge is 0.481 e. The molecule has 0 aliphatic heterocycles. The molecular formula is C13H12N4O4. The van der Waals surface area contributed by atoms with Crippen LogP contribution in [0.4, 0.5) is 5.82 Å². The Balaban J connectivity index is 2.18. The molecule has 1 heterocycles. The molecule has 0 atom stereocenters. The summed E-state index contributed by atoms with van der Waals surface area (Å²) in [6.07, 6.45) is 2.00. The van der Waals surface area contributed by atoms with Crippen LogP contribution in [0.2, 0.25) is 0 Å². The maximum Gasteiger partial charge on any atom is 0.353 e. The molecule has 0 saturated carbocycles. The number of hydrogen-bond donors (Lipinski definition) is 4. The lowest BCUT2D eigenvalue weighted by molar-refractivity contribution is -0.136. The molecule has 0 bridgehead atoms. The van der Waals surface area contributed by atoms with Gasteiger partial charge in [-0.2, -0.15) is 0 Å². The zero-order valence-corrected chi connectivity index (χ0v) is 10.8. The maximum atomic E-state index is 11.0. The predicted octanol–water partition coefficient (Wildman–Crippen LogP) is 0.989. The fourth-order valence-corrected chi connectivity index (χ4v) is 1.61. The van der Waals surface area contributed by atoms with Crippen LogP contribution in [0.5, 0.6) is 0 Å². The van der Waals surface area contributed by atoms with Gasteiger partial charge in [-0.25, -0.2) is 14.8 Å². The van der Waals surface area contributed by atoms with Crippen LogP contribution in [0.1, 0.15) is 6.42 Å². The number of rotatable bonds is 6. The maximum absolute atomic E-state index is 11.0. The molecule has 8 heteroatoms. The molecule has 0 unspecified atom stereocenters. The van der Waals surface area contributed by atoms with Gasteiger partial charge in [0.1, 0.15) is 12.0 Å². The second-order valence-corrected chi connectivity index (χ2v) is 4.01. The van der Waals surface area contributed by atoms with Gasteiger partial charge in [-0.1, -0.05) is 12.1 Å². The normalized spacial score (nSPS) is 11.1. The number of carbonyl (C=O) groups is 2. The standard InChI is InChI=1S/C13H12N4O4/c18-11(19)6-5-10(13(20)21)16-17-12-8-3-1-2-4-9(8)14-7-15-12/h1-5,7,16H,6H2,(H,18,19)(H,20,21)(H,14,15,17). The number of carboxylic acid groups (broad SMARTS) is 2. The Morgan fingerprint density at radius 1 is 1.19 bits per heavy atom. The summed E-state index contributed by atoms with van der Waals surface area (Å²) in [5.41, 5.74) is 5.51. The Morgan fingerprint density at radius 3 is 2.67 bits per heavy atom. The average Bonchev–Trinajstić information content (AvgIpc) is 2.46. The predicted molar refractivity (Wildman–Crippen MR) is 74.3 cm³/mol. The molecule has 21 heavy (non-hydrogen) atoms. The lowest BCUT2D eigenvalue weighted by Crippen LogP contribution is -2.27. The lowest BCUT2D eigenvalue weighted by Gasteiger charge is -2.10. The summed E-state index contributed by atoms with van der Waals surface area (Å²) in [6, 6.07) is 7.19. The molecular weight excluding hydrogens is 276 g/mol. The van der Waals surface area contributed by atoms with Gasteiger partial charge in [0.2, 0.25) is 0 Å². The fourth-order valence-electron chi connectivity index (χ4n) is 1.61. The molecule has 0 radical (unpaired) electrons. The number of anilines is 1. The first-order chi connectivity index (χ1) is 10.1. The number of para-hydroxylation sites is 1. The van der Waals surface area contributed by atoms with Gasteiger partial charge >= 0.3 is 11.9 Å². The van der Waals surface area contributed by atoms with E-state index in [0.717, 1.165) is 6.08 Å². The molecule has 2 aromatic rings. The van der Waals surface area contributed by atoms with E-state index in [1.807, 2.05) is 6.07 Å². The van der Waals surface area contributed by atoms with Crippen LogP contribution in [-0.2, 0) is 9.59 Å². The number of carboxylic acids is 2. The van der Waals surface area contributed by atoms with Crippen molar-refractivity contribution in [3.63, 3.8) is 0 Å². The van der Waals surface area contributed by atoms with Crippen molar-refractivity contribution in [2.45, 2.75) is 6.42 Å². The van der Waals surface area contributed by atoms with E-state index in [-0.39, 0.29) is 5.70 Å². The summed E-state index contributed by atoms with van der Waals surface area (Å²) < 4.78 is 0. The highest BCUT2D eigenvalue weighted by atomic mass is 16.4. The summed E-state index contributed by atoms with van der Waals surface area (Å²) >= 11 is 0. The molecule has 108 valence electrons. The van der Waals surface area contributed by atoms with Crippen LogP contribution in [0.15, 0.2) is 42.4 Å². The highest BCUT2D eigenvalue weighted by molar-refractivity contribution is 5.90. The molecule has 0 saturated heterocycles. The van der Waals surface area contributed by atoms with Gasteiger partial charge in [-0.3, -0.25) is 15.6 Å². The van der Waals surface area contributed by atoms with Crippen molar-refractivity contribution in [1.82, 2.24) is 15.4 Å². The number of hydrogen-bond acceptors (Lipinski definition) is 6. The molecule has 4 N–H and O–H groups in total. The Morgan fingerprint density at radius 2 is 1.95 bits per heavy atom. The smallest absolute Gasteiger partial charge is 0.353 e. The van der Waals surface area contributed by atoms with Gasteiger partial charge in [0.05, 0.1) is 11.9 Å². The van der Waals surface area contributed by atoms with Crippen LogP contribution in [0.3, 0.4) is 0 Å². The third-order valence-electron chi connectivity index (χ3n) is 2.57. The second kappa shape index (κ2) is 6.33. The minimum atomic E-state index is -1.28. The molecule has 0 aliphatic rings. The van der Waals surface area contributed by atoms with E-state index in [1.165, 1.54) is 6.33 Å². The van der Waals surface area contributed by atoms with Crippen molar-refractivity contribution < 1.29 is 19.8 Å². The van der Waals surface area contributed by atoms with Crippen LogP contribution < -0.4 is 10.9 Å². The minimum absolute atomic E-state index is 0.278. The quantitative estimate of drug-likeness (QED) is 0.458. The van der Waals surface area contributed by atoms with Crippen LogP contribution >= 0.6 is 0 Å². The van der Waals surface area contributed by atoms with Gasteiger partial charge < -0.3 is 10.2 Å². The number of nitrogens with zero attached hydrogens (tertiary/aromatic N) is 2. The van der Waals surface area contributed by atoms with Crippen LogP contribution in [-0.4, -0.2) is 32.1 Å². The summed E-state index contributed by atoms with van der Waals surface area (Å²) in [6.45, 7) is 0. The summed E-state index contributed by atoms with van der Waals surface area (Å²) in [4.78, 5) is 29.6. The van der Waals surface area contributed by atoms with E-state index < -0.39 is 18.4 Å². The van der Waals surface area contributed by atoms with Crippen molar-refractivity contribution in [3.05, 3.63) is 42.4 Å². The summed E-state index contributed by atoms with van der Waals surface area (Å²) in [5, 5.41) is 18.2. The molecule has 0 spiro atoms. The zero-order valence-electron chi connectivity index (χ0n) is 10.8. The van der Waals surface area contributed by atoms with E-state index in [1.54, 1.807) is 18.2 Å². The van der Waals surface area contributed by atoms with E-state index in [0.29, 0.717) is 16.7 Å². The number of aromatic nitrogens is 2. The second-order valence-electron chi connectivity index (χ2n) is 4.01. The Bertz CT molecular complexity index is 709. The van der Waals surface area contributed by atoms with Crippen LogP contribution in [0.25, 0.3) is 10.9 Å². The van der Waals surface area contributed by atoms with Crippen molar-refractivity contribution in [3.8, 4) is 0 Å². The Kier molecular flexibility index (Phi) is 4.30. The first kappa shape index (κ1) is 14.3. The Hall–Kier alpha value is -3.16. The zero-order chi connectivity index (χ0) is 15.2. The average molecular weight is 288 g/mol. The third kappa shape index (κ3) is 3.66. The van der Waals surface area contributed by atoms with E-state index >= 15 is 0 Å². The number of hydrazine groups is 1. The molecule has 0 fully saturated rings. The highest BCUT2D eigenvalue weighted by Gasteiger charge is 2.09. The van der Waals surface area contributed by atoms with Gasteiger partial charge in [0.15, 0.2) is 5.82 Å². The molecule has 0 aliphatic carbocycles. The summed E-state index contributed by atoms with van der Waals surface area (Å²) in [5.74, 6) is -2.01. The number of aliphatic carboxylic acids is 2. The first-order valence-electron chi connectivity index (χ1n) is 5.95. The SMILES string of the molecule is O=C(O)CC=C(NNc1ncnc2ccccc12)C(=O)O. The molecule has 0 amide bonds. The van der Waals surface area contributed by atoms with Gasteiger partial charge in [-0.15, -0.1) is 0 Å². The van der Waals surface area contributed by atoms with Crippen molar-refractivity contribution in [2.75, 3.05) is 5.43 Å². The number of benzene rings is 1. The van der Waals surface area contributed by atoms with E-state index in [4.69, 9.17) is 10.2 Å². The van der Waals surface area contributed by atoms with E-state index in [2.05, 4.69) is 20.8 Å².